The van der Waals surface area contributed by atoms with E-state index in [1.54, 1.807) is 29.2 Å². The van der Waals surface area contributed by atoms with Gasteiger partial charge in [0.2, 0.25) is 5.79 Å². The molecule has 3 heterocycles. The molecule has 1 aliphatic rings. The zero-order valence-electron chi connectivity index (χ0n) is 16.7. The van der Waals surface area contributed by atoms with E-state index < -0.39 is 5.79 Å². The minimum Gasteiger partial charge on any atom is -0.490 e. The molecule has 0 radical (unpaired) electrons. The lowest BCUT2D eigenvalue weighted by Gasteiger charge is -2.29. The largest absolute Gasteiger partial charge is 0.490 e. The monoisotopic (exact) mass is 472 g/mol. The van der Waals surface area contributed by atoms with E-state index in [1.165, 1.54) is 12.7 Å². The highest BCUT2D eigenvalue weighted by Gasteiger charge is 2.45. The number of aromatic amines is 1. The van der Waals surface area contributed by atoms with Crippen LogP contribution >= 0.6 is 23.2 Å². The summed E-state index contributed by atoms with van der Waals surface area (Å²) >= 11 is 12.6. The zero-order chi connectivity index (χ0) is 22.0. The lowest BCUT2D eigenvalue weighted by molar-refractivity contribution is -0.190. The molecule has 0 bridgehead atoms. The maximum absolute atomic E-state index is 6.50. The molecule has 4 aromatic rings. The molecule has 2 unspecified atom stereocenters. The fourth-order valence-electron chi connectivity index (χ4n) is 3.59. The van der Waals surface area contributed by atoms with E-state index in [0.29, 0.717) is 33.8 Å². The van der Waals surface area contributed by atoms with Gasteiger partial charge in [-0.25, -0.2) is 14.6 Å². The molecule has 1 saturated heterocycles. The minimum atomic E-state index is -1.16. The van der Waals surface area contributed by atoms with Gasteiger partial charge in [0.15, 0.2) is 5.82 Å². The molecule has 5 rings (SSSR count). The second-order valence-corrected chi connectivity index (χ2v) is 8.01. The van der Waals surface area contributed by atoms with Gasteiger partial charge in [0.1, 0.15) is 44.0 Å². The van der Waals surface area contributed by atoms with Crippen LogP contribution in [0.5, 0.6) is 5.75 Å². The van der Waals surface area contributed by atoms with Crippen molar-refractivity contribution in [3.8, 4) is 17.1 Å². The molecule has 0 aliphatic carbocycles. The Bertz CT molecular complexity index is 1190. The van der Waals surface area contributed by atoms with Crippen LogP contribution < -0.4 is 4.74 Å². The molecule has 32 heavy (non-hydrogen) atoms. The Morgan fingerprint density at radius 1 is 1.19 bits per heavy atom. The van der Waals surface area contributed by atoms with Gasteiger partial charge < -0.3 is 14.2 Å². The molecule has 0 saturated carbocycles. The number of nitrogens with one attached hydrogen (secondary N) is 1. The molecule has 2 aromatic heterocycles. The molecule has 1 N–H and O–H groups in total. The van der Waals surface area contributed by atoms with Gasteiger partial charge >= 0.3 is 0 Å². The van der Waals surface area contributed by atoms with E-state index in [-0.39, 0.29) is 19.3 Å². The maximum Gasteiger partial charge on any atom is 0.217 e. The Hall–Kier alpha value is -2.98. The number of halogens is 2. The predicted octanol–water partition coefficient (Wildman–Crippen LogP) is 3.72. The van der Waals surface area contributed by atoms with Crippen molar-refractivity contribution in [3.63, 3.8) is 0 Å². The highest BCUT2D eigenvalue weighted by atomic mass is 35.5. The van der Waals surface area contributed by atoms with Gasteiger partial charge in [-0.15, -0.1) is 0 Å². The van der Waals surface area contributed by atoms with Crippen molar-refractivity contribution >= 4 is 23.2 Å². The third-order valence-electron chi connectivity index (χ3n) is 5.02. The van der Waals surface area contributed by atoms with E-state index in [1.807, 2.05) is 24.3 Å². The van der Waals surface area contributed by atoms with Crippen molar-refractivity contribution in [2.24, 2.45) is 0 Å². The summed E-state index contributed by atoms with van der Waals surface area (Å²) in [5, 5.41) is 11.9. The third-order valence-corrected chi connectivity index (χ3v) is 5.57. The fraction of sp³-hybridized carbons (Fsp3) is 0.238. The Morgan fingerprint density at radius 2 is 2.09 bits per heavy atom. The normalized spacial score (nSPS) is 20.5. The van der Waals surface area contributed by atoms with Gasteiger partial charge in [0.05, 0.1) is 17.2 Å². The van der Waals surface area contributed by atoms with Crippen LogP contribution in [-0.4, -0.2) is 49.3 Å². The number of rotatable bonds is 7. The van der Waals surface area contributed by atoms with Crippen LogP contribution in [0.2, 0.25) is 10.0 Å². The summed E-state index contributed by atoms with van der Waals surface area (Å²) in [5.74, 6) is 0.122. The molecule has 0 spiro atoms. The van der Waals surface area contributed by atoms with Crippen LogP contribution in [0, 0.1) is 0 Å². The molecular formula is C21H18Cl2N6O3. The van der Waals surface area contributed by atoms with Crippen LogP contribution in [0.15, 0.2) is 61.4 Å². The van der Waals surface area contributed by atoms with Crippen LogP contribution in [0.1, 0.15) is 5.56 Å². The van der Waals surface area contributed by atoms with Crippen molar-refractivity contribution in [1.82, 2.24) is 29.9 Å². The number of ether oxygens (including phenoxy) is 3. The summed E-state index contributed by atoms with van der Waals surface area (Å²) < 4.78 is 20.3. The van der Waals surface area contributed by atoms with Gasteiger partial charge in [-0.3, -0.25) is 5.10 Å². The molecule has 2 aromatic carbocycles. The molecule has 1 fully saturated rings. The average Bonchev–Trinajstić information content (AvgIpc) is 3.56. The summed E-state index contributed by atoms with van der Waals surface area (Å²) in [5.41, 5.74) is 1.46. The number of aromatic nitrogens is 6. The standard InChI is InChI=1S/C21H18Cl2N6O3/c22-14-5-6-17(18(23)7-14)21(10-29-13-24-11-27-29)31-9-15(32-21)8-30-19-4-2-1-3-16(19)20-25-12-26-28-20/h1-7,11-13,15H,8-10H2,(H,25,26,28). The number of hydrogen-bond acceptors (Lipinski definition) is 7. The predicted molar refractivity (Wildman–Crippen MR) is 116 cm³/mol. The average molecular weight is 473 g/mol. The Morgan fingerprint density at radius 3 is 2.88 bits per heavy atom. The number of hydrogen-bond donors (Lipinski definition) is 1. The smallest absolute Gasteiger partial charge is 0.217 e. The van der Waals surface area contributed by atoms with Gasteiger partial charge in [0, 0.05) is 10.6 Å². The van der Waals surface area contributed by atoms with Gasteiger partial charge in [-0.1, -0.05) is 41.4 Å². The summed E-state index contributed by atoms with van der Waals surface area (Å²) in [6, 6.07) is 12.8. The van der Waals surface area contributed by atoms with Crippen molar-refractivity contribution < 1.29 is 14.2 Å². The lowest BCUT2D eigenvalue weighted by Crippen LogP contribution is -2.35. The number of H-pyrrole nitrogens is 1. The van der Waals surface area contributed by atoms with Crippen LogP contribution in [0.4, 0.5) is 0 Å². The first-order valence-corrected chi connectivity index (χ1v) is 10.6. The number of nitrogens with zero attached hydrogens (tertiary/aromatic N) is 5. The van der Waals surface area contributed by atoms with Crippen molar-refractivity contribution in [1.29, 1.82) is 0 Å². The van der Waals surface area contributed by atoms with Gasteiger partial charge in [-0.05, 0) is 24.3 Å². The summed E-state index contributed by atoms with van der Waals surface area (Å²) in [4.78, 5) is 8.21. The molecule has 2 atom stereocenters. The minimum absolute atomic E-state index is 0.259. The first kappa shape index (κ1) is 20.9. The Labute approximate surface area is 193 Å². The van der Waals surface area contributed by atoms with Crippen LogP contribution in [-0.2, 0) is 21.8 Å². The summed E-state index contributed by atoms with van der Waals surface area (Å²) in [6.07, 6.45) is 4.14. The Balaban J connectivity index is 1.37. The molecule has 9 nitrogen and oxygen atoms in total. The fourth-order valence-corrected chi connectivity index (χ4v) is 4.14. The topological polar surface area (TPSA) is 100.0 Å². The second-order valence-electron chi connectivity index (χ2n) is 7.16. The number of para-hydroxylation sites is 1. The van der Waals surface area contributed by atoms with Crippen molar-refractivity contribution in [2.45, 2.75) is 18.4 Å². The van der Waals surface area contributed by atoms with E-state index in [2.05, 4.69) is 25.3 Å². The second kappa shape index (κ2) is 8.87. The highest BCUT2D eigenvalue weighted by Crippen LogP contribution is 2.40. The SMILES string of the molecule is Clc1ccc(C2(Cn3cncn3)OCC(COc3ccccc3-c3ncn[nH]3)O2)c(Cl)c1. The quantitative estimate of drug-likeness (QED) is 0.437. The van der Waals surface area contributed by atoms with E-state index in [4.69, 9.17) is 37.4 Å². The molecule has 0 amide bonds. The van der Waals surface area contributed by atoms with Crippen molar-refractivity contribution in [3.05, 3.63) is 77.1 Å². The molecule has 1 aliphatic heterocycles. The van der Waals surface area contributed by atoms with Gasteiger partial charge in [0.25, 0.3) is 0 Å². The Kier molecular flexibility index (Phi) is 5.79. The molecular weight excluding hydrogens is 455 g/mol. The van der Waals surface area contributed by atoms with Crippen LogP contribution in [0.3, 0.4) is 0 Å². The number of benzene rings is 2. The summed E-state index contributed by atoms with van der Waals surface area (Å²) in [6.45, 7) is 0.826. The van der Waals surface area contributed by atoms with E-state index in [9.17, 15) is 0 Å². The maximum atomic E-state index is 6.50. The van der Waals surface area contributed by atoms with E-state index >= 15 is 0 Å². The molecule has 164 valence electrons. The highest BCUT2D eigenvalue weighted by molar-refractivity contribution is 6.35. The lowest BCUT2D eigenvalue weighted by atomic mass is 10.1. The van der Waals surface area contributed by atoms with E-state index in [0.717, 1.165) is 5.56 Å². The molecule has 11 heteroatoms. The van der Waals surface area contributed by atoms with Crippen molar-refractivity contribution in [2.75, 3.05) is 13.2 Å². The summed E-state index contributed by atoms with van der Waals surface area (Å²) in [7, 11) is 0. The van der Waals surface area contributed by atoms with Crippen LogP contribution in [0.25, 0.3) is 11.4 Å². The first-order valence-electron chi connectivity index (χ1n) is 9.80. The zero-order valence-corrected chi connectivity index (χ0v) is 18.2. The first-order chi connectivity index (χ1) is 15.6. The van der Waals surface area contributed by atoms with Gasteiger partial charge in [-0.2, -0.15) is 10.2 Å². The third kappa shape index (κ3) is 4.20.